The maximum absolute atomic E-state index is 13.2. The Hall–Kier alpha value is -2.91. The van der Waals surface area contributed by atoms with Crippen LogP contribution in [0.15, 0.2) is 47.4 Å². The molecule has 3 rings (SSSR count). The van der Waals surface area contributed by atoms with Crippen molar-refractivity contribution in [3.05, 3.63) is 53.6 Å². The van der Waals surface area contributed by atoms with E-state index in [2.05, 4.69) is 10.1 Å². The van der Waals surface area contributed by atoms with Crippen LogP contribution in [0.2, 0.25) is 0 Å². The number of hydrogen-bond acceptors (Lipinski definition) is 6. The number of rotatable bonds is 6. The van der Waals surface area contributed by atoms with E-state index in [-0.39, 0.29) is 23.1 Å². The number of aryl methyl sites for hydroxylation is 1. The van der Waals surface area contributed by atoms with Crippen LogP contribution in [0.5, 0.6) is 5.75 Å². The number of esters is 1. The number of sulfonamides is 1. The van der Waals surface area contributed by atoms with Gasteiger partial charge in [0.25, 0.3) is 0 Å². The Morgan fingerprint density at radius 3 is 2.45 bits per heavy atom. The van der Waals surface area contributed by atoms with E-state index in [1.54, 1.807) is 42.5 Å². The minimum atomic E-state index is -3.81. The average Bonchev–Trinajstić information content (AvgIpc) is 2.79. The molecule has 0 aliphatic carbocycles. The van der Waals surface area contributed by atoms with E-state index in [0.29, 0.717) is 30.6 Å². The number of carbonyl (C=O) groups excluding carboxylic acids is 2. The molecule has 0 saturated carbocycles. The summed E-state index contributed by atoms with van der Waals surface area (Å²) in [4.78, 5) is 24.4. The molecule has 1 aliphatic rings. The van der Waals surface area contributed by atoms with Crippen molar-refractivity contribution >= 4 is 27.6 Å². The zero-order valence-electron chi connectivity index (χ0n) is 17.8. The van der Waals surface area contributed by atoms with Crippen LogP contribution in [0.4, 0.5) is 5.69 Å². The molecule has 8 nitrogen and oxygen atoms in total. The molecule has 1 heterocycles. The molecule has 0 unspecified atom stereocenters. The van der Waals surface area contributed by atoms with Crippen molar-refractivity contribution < 1.29 is 27.5 Å². The Morgan fingerprint density at radius 2 is 1.81 bits per heavy atom. The number of methoxy groups -OCH3 is 2. The van der Waals surface area contributed by atoms with Crippen LogP contribution in [-0.2, 0) is 19.6 Å². The van der Waals surface area contributed by atoms with E-state index in [4.69, 9.17) is 4.74 Å². The molecule has 1 N–H and O–H groups in total. The lowest BCUT2D eigenvalue weighted by molar-refractivity contribution is -0.120. The Morgan fingerprint density at radius 1 is 1.10 bits per heavy atom. The minimum Gasteiger partial charge on any atom is -0.495 e. The highest BCUT2D eigenvalue weighted by molar-refractivity contribution is 7.89. The molecular weight excluding hydrogens is 420 g/mol. The SMILES string of the molecule is COC(=O)c1ccc(NC(=O)[C@@H]2CCCN(S(=O)(=O)c3cc(C)ccc3OC)C2)cc1. The quantitative estimate of drug-likeness (QED) is 0.685. The summed E-state index contributed by atoms with van der Waals surface area (Å²) >= 11 is 0. The van der Waals surface area contributed by atoms with Gasteiger partial charge in [0.15, 0.2) is 0 Å². The molecule has 31 heavy (non-hydrogen) atoms. The first kappa shape index (κ1) is 22.8. The molecule has 1 fully saturated rings. The highest BCUT2D eigenvalue weighted by atomic mass is 32.2. The van der Waals surface area contributed by atoms with Gasteiger partial charge in [0, 0.05) is 18.8 Å². The van der Waals surface area contributed by atoms with Gasteiger partial charge in [0.2, 0.25) is 15.9 Å². The monoisotopic (exact) mass is 446 g/mol. The number of ether oxygens (including phenoxy) is 2. The minimum absolute atomic E-state index is 0.0888. The number of anilines is 1. The third kappa shape index (κ3) is 5.05. The number of nitrogens with one attached hydrogen (secondary N) is 1. The predicted octanol–water partition coefficient (Wildman–Crippen LogP) is 2.83. The second kappa shape index (κ2) is 9.49. The van der Waals surface area contributed by atoms with Gasteiger partial charge >= 0.3 is 5.97 Å². The van der Waals surface area contributed by atoms with Crippen LogP contribution >= 0.6 is 0 Å². The zero-order valence-corrected chi connectivity index (χ0v) is 18.6. The van der Waals surface area contributed by atoms with Gasteiger partial charge in [-0.15, -0.1) is 0 Å². The summed E-state index contributed by atoms with van der Waals surface area (Å²) in [5.41, 5.74) is 1.71. The van der Waals surface area contributed by atoms with Crippen molar-refractivity contribution in [3.63, 3.8) is 0 Å². The number of piperidine rings is 1. The third-order valence-corrected chi connectivity index (χ3v) is 7.15. The van der Waals surface area contributed by atoms with Gasteiger partial charge in [-0.2, -0.15) is 4.31 Å². The summed E-state index contributed by atoms with van der Waals surface area (Å²) in [5.74, 6) is -0.929. The second-order valence-electron chi connectivity index (χ2n) is 7.41. The van der Waals surface area contributed by atoms with Crippen LogP contribution in [-0.4, -0.2) is 51.9 Å². The Balaban J connectivity index is 1.73. The maximum Gasteiger partial charge on any atom is 0.337 e. The molecule has 0 bridgehead atoms. The van der Waals surface area contributed by atoms with E-state index >= 15 is 0 Å². The topological polar surface area (TPSA) is 102 Å². The van der Waals surface area contributed by atoms with Gasteiger partial charge in [0.1, 0.15) is 10.6 Å². The average molecular weight is 447 g/mol. The number of nitrogens with zero attached hydrogens (tertiary/aromatic N) is 1. The van der Waals surface area contributed by atoms with Crippen molar-refractivity contribution in [1.82, 2.24) is 4.31 Å². The van der Waals surface area contributed by atoms with Crippen molar-refractivity contribution in [3.8, 4) is 5.75 Å². The van der Waals surface area contributed by atoms with E-state index in [0.717, 1.165) is 5.56 Å². The van der Waals surface area contributed by atoms with Crippen LogP contribution in [0.3, 0.4) is 0 Å². The molecule has 9 heteroatoms. The molecule has 2 aromatic carbocycles. The van der Waals surface area contributed by atoms with Gasteiger partial charge < -0.3 is 14.8 Å². The molecular formula is C22H26N2O6S. The summed E-state index contributed by atoms with van der Waals surface area (Å²) in [7, 11) is -1.08. The molecule has 1 saturated heterocycles. The zero-order chi connectivity index (χ0) is 22.6. The first-order chi connectivity index (χ1) is 14.8. The first-order valence-electron chi connectivity index (χ1n) is 9.90. The molecule has 0 radical (unpaired) electrons. The fraction of sp³-hybridized carbons (Fsp3) is 0.364. The molecule has 2 aromatic rings. The largest absolute Gasteiger partial charge is 0.495 e. The Labute approximate surface area is 182 Å². The lowest BCUT2D eigenvalue weighted by atomic mass is 9.98. The lowest BCUT2D eigenvalue weighted by Crippen LogP contribution is -2.43. The highest BCUT2D eigenvalue weighted by Crippen LogP contribution is 2.31. The van der Waals surface area contributed by atoms with Crippen molar-refractivity contribution in [2.75, 3.05) is 32.6 Å². The fourth-order valence-electron chi connectivity index (χ4n) is 3.55. The molecule has 1 aliphatic heterocycles. The summed E-state index contributed by atoms with van der Waals surface area (Å²) in [5, 5.41) is 2.80. The maximum atomic E-state index is 13.2. The Bertz CT molecular complexity index is 1070. The smallest absolute Gasteiger partial charge is 0.337 e. The highest BCUT2D eigenvalue weighted by Gasteiger charge is 2.35. The van der Waals surface area contributed by atoms with Crippen molar-refractivity contribution in [2.24, 2.45) is 5.92 Å². The summed E-state index contributed by atoms with van der Waals surface area (Å²) in [6, 6.07) is 11.3. The molecule has 1 amide bonds. The van der Waals surface area contributed by atoms with Gasteiger partial charge in [-0.05, 0) is 61.7 Å². The summed E-state index contributed by atoms with van der Waals surface area (Å²) < 4.78 is 37.7. The molecule has 0 aromatic heterocycles. The van der Waals surface area contributed by atoms with Gasteiger partial charge in [-0.25, -0.2) is 13.2 Å². The van der Waals surface area contributed by atoms with Crippen molar-refractivity contribution in [1.29, 1.82) is 0 Å². The number of carbonyl (C=O) groups is 2. The number of amides is 1. The van der Waals surface area contributed by atoms with Gasteiger partial charge in [0.05, 0.1) is 25.7 Å². The molecule has 0 spiro atoms. The number of benzene rings is 2. The third-order valence-electron chi connectivity index (χ3n) is 5.27. The summed E-state index contributed by atoms with van der Waals surface area (Å²) in [6.45, 7) is 2.25. The lowest BCUT2D eigenvalue weighted by Gasteiger charge is -2.31. The van der Waals surface area contributed by atoms with Crippen LogP contribution < -0.4 is 10.1 Å². The fourth-order valence-corrected chi connectivity index (χ4v) is 5.32. The number of hydrogen-bond donors (Lipinski definition) is 1. The van der Waals surface area contributed by atoms with E-state index in [1.165, 1.54) is 18.5 Å². The van der Waals surface area contributed by atoms with Gasteiger partial charge in [-0.1, -0.05) is 6.07 Å². The molecule has 1 atom stereocenters. The van der Waals surface area contributed by atoms with E-state index in [1.807, 2.05) is 6.92 Å². The van der Waals surface area contributed by atoms with Crippen LogP contribution in [0.25, 0.3) is 0 Å². The van der Waals surface area contributed by atoms with E-state index in [9.17, 15) is 18.0 Å². The standard InChI is InChI=1S/C22H26N2O6S/c1-15-6-11-19(29-2)20(13-15)31(27,28)24-12-4-5-17(14-24)21(25)23-18-9-7-16(8-10-18)22(26)30-3/h6-11,13,17H,4-5,12,14H2,1-3H3,(H,23,25)/t17-/m1/s1. The van der Waals surface area contributed by atoms with Gasteiger partial charge in [-0.3, -0.25) is 4.79 Å². The normalized spacial score (nSPS) is 17.1. The predicted molar refractivity (Wildman–Crippen MR) is 116 cm³/mol. The van der Waals surface area contributed by atoms with Crippen molar-refractivity contribution in [2.45, 2.75) is 24.7 Å². The van der Waals surface area contributed by atoms with E-state index < -0.39 is 21.9 Å². The first-order valence-corrected chi connectivity index (χ1v) is 11.3. The second-order valence-corrected chi connectivity index (χ2v) is 9.32. The van der Waals surface area contributed by atoms with Crippen LogP contribution in [0.1, 0.15) is 28.8 Å². The Kier molecular flexibility index (Phi) is 6.97. The van der Waals surface area contributed by atoms with Crippen LogP contribution in [0, 0.1) is 12.8 Å². The molecule has 166 valence electrons. The summed E-state index contributed by atoms with van der Waals surface area (Å²) in [6.07, 6.45) is 1.16.